The maximum Gasteiger partial charge on any atom is 0.417 e. The average Bonchev–Trinajstić information content (AvgIpc) is 3.38. The maximum absolute atomic E-state index is 13.3. The number of carbonyl (C=O) groups is 1. The Morgan fingerprint density at radius 2 is 1.88 bits per heavy atom. The predicted octanol–water partition coefficient (Wildman–Crippen LogP) is 4.11. The van der Waals surface area contributed by atoms with Crippen LogP contribution in [0.25, 0.3) is 16.7 Å². The number of carbonyl (C=O) groups excluding carboxylic acids is 1. The second kappa shape index (κ2) is 6.94. The van der Waals surface area contributed by atoms with Crippen LogP contribution in [-0.2, 0) is 13.1 Å². The number of rotatable bonds is 3. The van der Waals surface area contributed by atoms with Crippen molar-refractivity contribution in [3.8, 4) is 23.1 Å². The Balaban J connectivity index is 1.33. The molecule has 0 N–H and O–H groups in total. The van der Waals surface area contributed by atoms with Gasteiger partial charge in [0.25, 0.3) is 0 Å². The number of halogens is 1. The molecule has 4 aromatic rings. The first-order chi connectivity index (χ1) is 15.5. The van der Waals surface area contributed by atoms with E-state index in [2.05, 4.69) is 10.1 Å². The molecule has 0 saturated carbocycles. The molecule has 0 bridgehead atoms. The Kier molecular flexibility index (Phi) is 4.04. The third-order valence-electron chi connectivity index (χ3n) is 5.57. The lowest BCUT2D eigenvalue weighted by atomic mass is 10.1. The molecule has 2 aliphatic heterocycles. The van der Waals surface area contributed by atoms with Gasteiger partial charge in [0.15, 0.2) is 17.1 Å². The average molecular weight is 432 g/mol. The fourth-order valence-corrected chi connectivity index (χ4v) is 3.97. The van der Waals surface area contributed by atoms with Crippen molar-refractivity contribution in [2.75, 3.05) is 6.79 Å². The number of ether oxygens (including phenoxy) is 3. The smallest absolute Gasteiger partial charge is 0.417 e. The molecule has 32 heavy (non-hydrogen) atoms. The first kappa shape index (κ1) is 18.6. The second-order valence-electron chi connectivity index (χ2n) is 7.71. The SMILES string of the molecule is Cc1nn(-c2ccc(F)cc2)c2nc3c(cc12)CN(Cc1ccc2c(c1)OCO2)C(=O)O3. The summed E-state index contributed by atoms with van der Waals surface area (Å²) < 4.78 is 31.3. The number of benzene rings is 2. The quantitative estimate of drug-likeness (QED) is 0.485. The van der Waals surface area contributed by atoms with Crippen molar-refractivity contribution in [3.63, 3.8) is 0 Å². The molecule has 0 unspecified atom stereocenters. The van der Waals surface area contributed by atoms with Crippen LogP contribution in [0.5, 0.6) is 17.4 Å². The molecule has 2 aromatic carbocycles. The number of hydrogen-bond acceptors (Lipinski definition) is 6. The van der Waals surface area contributed by atoms with Crippen molar-refractivity contribution in [1.29, 1.82) is 0 Å². The standard InChI is InChI=1S/C23H17FN4O4/c1-13-18-9-15-11-27(10-14-2-7-19-20(8-14)31-12-30-19)23(29)32-22(15)25-21(18)28(26-13)17-5-3-16(24)4-6-17/h2-9H,10-12H2,1H3. The third-order valence-corrected chi connectivity index (χ3v) is 5.57. The van der Waals surface area contributed by atoms with Gasteiger partial charge in [-0.25, -0.2) is 13.9 Å². The molecule has 0 aliphatic carbocycles. The lowest BCUT2D eigenvalue weighted by molar-refractivity contribution is 0.133. The largest absolute Gasteiger partial charge is 0.454 e. The molecule has 2 aliphatic rings. The van der Waals surface area contributed by atoms with E-state index in [0.717, 1.165) is 22.2 Å². The van der Waals surface area contributed by atoms with Crippen molar-refractivity contribution >= 4 is 17.1 Å². The summed E-state index contributed by atoms with van der Waals surface area (Å²) in [5.41, 5.74) is 3.69. The van der Waals surface area contributed by atoms with Crippen LogP contribution in [0.4, 0.5) is 9.18 Å². The van der Waals surface area contributed by atoms with Gasteiger partial charge in [0.2, 0.25) is 12.7 Å². The summed E-state index contributed by atoms with van der Waals surface area (Å²) in [5, 5.41) is 5.39. The highest BCUT2D eigenvalue weighted by Crippen LogP contribution is 2.34. The Morgan fingerprint density at radius 1 is 1.06 bits per heavy atom. The lowest BCUT2D eigenvalue weighted by Crippen LogP contribution is -2.36. The summed E-state index contributed by atoms with van der Waals surface area (Å²) in [5.74, 6) is 1.29. The van der Waals surface area contributed by atoms with Crippen molar-refractivity contribution in [2.24, 2.45) is 0 Å². The summed E-state index contributed by atoms with van der Waals surface area (Å²) in [6.07, 6.45) is -0.480. The van der Waals surface area contributed by atoms with E-state index in [-0.39, 0.29) is 18.5 Å². The van der Waals surface area contributed by atoms with Crippen LogP contribution in [-0.4, -0.2) is 32.6 Å². The Bertz CT molecular complexity index is 1380. The number of aromatic nitrogens is 3. The number of nitrogens with zero attached hydrogens (tertiary/aromatic N) is 4. The molecule has 0 spiro atoms. The van der Waals surface area contributed by atoms with E-state index in [0.29, 0.717) is 35.9 Å². The van der Waals surface area contributed by atoms with Crippen LogP contribution in [0.15, 0.2) is 48.5 Å². The molecule has 6 rings (SSSR count). The van der Waals surface area contributed by atoms with Crippen molar-refractivity contribution < 1.29 is 23.4 Å². The molecule has 4 heterocycles. The monoisotopic (exact) mass is 432 g/mol. The summed E-state index contributed by atoms with van der Waals surface area (Å²) in [4.78, 5) is 18.9. The van der Waals surface area contributed by atoms with E-state index in [1.807, 2.05) is 31.2 Å². The molecular formula is C23H17FN4O4. The number of pyridine rings is 1. The highest BCUT2D eigenvalue weighted by Gasteiger charge is 2.28. The Hall–Kier alpha value is -4.14. The van der Waals surface area contributed by atoms with Crippen molar-refractivity contribution in [3.05, 3.63) is 71.2 Å². The van der Waals surface area contributed by atoms with Gasteiger partial charge in [0.1, 0.15) is 5.82 Å². The fourth-order valence-electron chi connectivity index (χ4n) is 3.97. The van der Waals surface area contributed by atoms with Gasteiger partial charge in [-0.15, -0.1) is 0 Å². The number of amides is 1. The number of fused-ring (bicyclic) bond motifs is 3. The Labute approximate surface area is 181 Å². The zero-order valence-electron chi connectivity index (χ0n) is 17.0. The summed E-state index contributed by atoms with van der Waals surface area (Å²) in [6, 6.07) is 13.5. The van der Waals surface area contributed by atoms with Gasteiger partial charge >= 0.3 is 6.09 Å². The van der Waals surface area contributed by atoms with E-state index < -0.39 is 6.09 Å². The van der Waals surface area contributed by atoms with E-state index >= 15 is 0 Å². The highest BCUT2D eigenvalue weighted by molar-refractivity contribution is 5.83. The zero-order valence-corrected chi connectivity index (χ0v) is 17.0. The summed E-state index contributed by atoms with van der Waals surface area (Å²) in [6.45, 7) is 2.80. The maximum atomic E-state index is 13.3. The van der Waals surface area contributed by atoms with Crippen LogP contribution < -0.4 is 14.2 Å². The zero-order chi connectivity index (χ0) is 21.8. The van der Waals surface area contributed by atoms with Gasteiger partial charge in [-0.2, -0.15) is 10.1 Å². The van der Waals surface area contributed by atoms with Gasteiger partial charge in [-0.3, -0.25) is 4.90 Å². The minimum Gasteiger partial charge on any atom is -0.454 e. The normalized spacial score (nSPS) is 14.6. The molecular weight excluding hydrogens is 415 g/mol. The van der Waals surface area contributed by atoms with Crippen LogP contribution in [0.2, 0.25) is 0 Å². The minimum absolute atomic E-state index is 0.199. The molecule has 9 heteroatoms. The van der Waals surface area contributed by atoms with Crippen molar-refractivity contribution in [1.82, 2.24) is 19.7 Å². The number of hydrogen-bond donors (Lipinski definition) is 0. The molecule has 0 radical (unpaired) electrons. The molecule has 2 aromatic heterocycles. The predicted molar refractivity (Wildman–Crippen MR) is 111 cm³/mol. The van der Waals surface area contributed by atoms with Gasteiger partial charge in [-0.1, -0.05) is 6.07 Å². The molecule has 160 valence electrons. The lowest BCUT2D eigenvalue weighted by Gasteiger charge is -2.27. The van der Waals surface area contributed by atoms with Gasteiger partial charge in [-0.05, 0) is 55.0 Å². The first-order valence-electron chi connectivity index (χ1n) is 10.1. The highest BCUT2D eigenvalue weighted by atomic mass is 19.1. The van der Waals surface area contributed by atoms with E-state index in [1.165, 1.54) is 12.1 Å². The van der Waals surface area contributed by atoms with Gasteiger partial charge < -0.3 is 14.2 Å². The summed E-state index contributed by atoms with van der Waals surface area (Å²) >= 11 is 0. The van der Waals surface area contributed by atoms with E-state index in [9.17, 15) is 9.18 Å². The Morgan fingerprint density at radius 3 is 2.72 bits per heavy atom. The second-order valence-corrected chi connectivity index (χ2v) is 7.71. The molecule has 0 saturated heterocycles. The van der Waals surface area contributed by atoms with Crippen LogP contribution >= 0.6 is 0 Å². The van der Waals surface area contributed by atoms with Gasteiger partial charge in [0.05, 0.1) is 17.9 Å². The van der Waals surface area contributed by atoms with E-state index in [1.54, 1.807) is 21.7 Å². The molecule has 0 fully saturated rings. The first-order valence-corrected chi connectivity index (χ1v) is 10.1. The summed E-state index contributed by atoms with van der Waals surface area (Å²) in [7, 11) is 0. The number of aryl methyl sites for hydroxylation is 1. The molecule has 1 amide bonds. The fraction of sp³-hybridized carbons (Fsp3) is 0.174. The van der Waals surface area contributed by atoms with Gasteiger partial charge in [0, 0.05) is 17.5 Å². The van der Waals surface area contributed by atoms with Crippen molar-refractivity contribution in [2.45, 2.75) is 20.0 Å². The van der Waals surface area contributed by atoms with Crippen LogP contribution in [0, 0.1) is 12.7 Å². The topological polar surface area (TPSA) is 78.7 Å². The minimum atomic E-state index is -0.480. The van der Waals surface area contributed by atoms with Crippen LogP contribution in [0.3, 0.4) is 0 Å². The molecule has 0 atom stereocenters. The molecule has 8 nitrogen and oxygen atoms in total. The third kappa shape index (κ3) is 3.01. The van der Waals surface area contributed by atoms with E-state index in [4.69, 9.17) is 14.2 Å². The van der Waals surface area contributed by atoms with Crippen LogP contribution in [0.1, 0.15) is 16.8 Å².